The van der Waals surface area contributed by atoms with Crippen LogP contribution in [-0.4, -0.2) is 72.6 Å². The minimum atomic E-state index is -1.06. The predicted molar refractivity (Wildman–Crippen MR) is 191 cm³/mol. The molecule has 254 valence electrons. The number of nitrogens with zero attached hydrogens (tertiary/aromatic N) is 2. The van der Waals surface area contributed by atoms with Gasteiger partial charge in [-0.2, -0.15) is 0 Å². The fraction of sp³-hybridized carbons (Fsp3) is 0.474. The van der Waals surface area contributed by atoms with Crippen molar-refractivity contribution >= 4 is 44.8 Å². The number of hydrogen-bond acceptors (Lipinski definition) is 8. The molecule has 1 aliphatic heterocycles. The average molecular weight is 690 g/mol. The minimum absolute atomic E-state index is 0.139. The highest BCUT2D eigenvalue weighted by Crippen LogP contribution is 2.56. The predicted octanol–water partition coefficient (Wildman–Crippen LogP) is 7.69. The Kier molecular flexibility index (Phi) is 9.83. The van der Waals surface area contributed by atoms with Crippen molar-refractivity contribution in [1.29, 1.82) is 0 Å². The van der Waals surface area contributed by atoms with Crippen molar-refractivity contribution in [2.24, 2.45) is 11.8 Å². The van der Waals surface area contributed by atoms with Gasteiger partial charge in [0.25, 0.3) is 0 Å². The summed E-state index contributed by atoms with van der Waals surface area (Å²) >= 11 is 7.93. The Morgan fingerprint density at radius 3 is 2.75 bits per heavy atom. The Hall–Kier alpha value is -3.37. The summed E-state index contributed by atoms with van der Waals surface area (Å²) in [5.41, 5.74) is 3.20. The van der Waals surface area contributed by atoms with E-state index in [1.165, 1.54) is 11.1 Å². The second-order valence-corrected chi connectivity index (χ2v) is 15.1. The Balaban J connectivity index is 1.11. The number of benzene rings is 2. The van der Waals surface area contributed by atoms with Crippen LogP contribution in [-0.2, 0) is 21.4 Å². The summed E-state index contributed by atoms with van der Waals surface area (Å²) in [7, 11) is 0. The Morgan fingerprint density at radius 1 is 1.12 bits per heavy atom. The summed E-state index contributed by atoms with van der Waals surface area (Å²) in [5, 5.41) is 16.6. The molecule has 1 saturated heterocycles. The Labute approximate surface area is 291 Å². The number of morpholine rings is 1. The fourth-order valence-electron chi connectivity index (χ4n) is 8.18. The first kappa shape index (κ1) is 33.1. The van der Waals surface area contributed by atoms with Crippen molar-refractivity contribution in [2.75, 3.05) is 51.4 Å². The molecule has 1 saturated carbocycles. The highest BCUT2D eigenvalue weighted by Gasteiger charge is 2.54. The summed E-state index contributed by atoms with van der Waals surface area (Å²) in [6, 6.07) is 18.0. The van der Waals surface area contributed by atoms with Crippen LogP contribution < -0.4 is 14.8 Å². The van der Waals surface area contributed by atoms with Crippen molar-refractivity contribution in [1.82, 2.24) is 9.88 Å². The number of rotatable bonds is 12. The standard InChI is InChI=1S/C38H44ClN3O5S/c1-26(25-47-34-7-13-40-33-8-20-48-35(33)34)21-28-22-27-5-6-31(46-19-16-42-14-17-45-18-15-42)24-32(27)37(28)9-11-38(12-10-37,36(43)44)41-30-4-2-3-29(39)23-30/h2-8,13,20,23-24,26,28,41H,9-12,14-19,21-22,25H2,1H3,(H,43,44)/t26-,28+,37?,38?/m1/s1. The summed E-state index contributed by atoms with van der Waals surface area (Å²) in [4.78, 5) is 19.8. The molecular weight excluding hydrogens is 646 g/mol. The van der Waals surface area contributed by atoms with Gasteiger partial charge < -0.3 is 24.6 Å². The third kappa shape index (κ3) is 6.88. The lowest BCUT2D eigenvalue weighted by Gasteiger charge is -2.47. The maximum absolute atomic E-state index is 12.9. The summed E-state index contributed by atoms with van der Waals surface area (Å²) < 4.78 is 19.3. The number of hydrogen-bond donors (Lipinski definition) is 2. The number of carbonyl (C=O) groups is 1. The van der Waals surface area contributed by atoms with E-state index in [0.717, 1.165) is 85.9 Å². The molecular formula is C38H44ClN3O5S. The van der Waals surface area contributed by atoms with Crippen molar-refractivity contribution < 1.29 is 24.1 Å². The molecule has 8 nitrogen and oxygen atoms in total. The van der Waals surface area contributed by atoms with Crippen LogP contribution in [0.5, 0.6) is 11.5 Å². The molecule has 7 rings (SSSR count). The lowest BCUT2D eigenvalue weighted by atomic mass is 9.59. The van der Waals surface area contributed by atoms with Gasteiger partial charge in [0.1, 0.15) is 23.6 Å². The van der Waals surface area contributed by atoms with E-state index < -0.39 is 11.5 Å². The Bertz CT molecular complexity index is 1730. The Morgan fingerprint density at radius 2 is 1.96 bits per heavy atom. The average Bonchev–Trinajstić information content (AvgIpc) is 3.69. The number of ether oxygens (including phenoxy) is 3. The maximum Gasteiger partial charge on any atom is 0.329 e. The molecule has 4 aromatic rings. The van der Waals surface area contributed by atoms with Gasteiger partial charge in [-0.05, 0) is 115 Å². The first-order chi connectivity index (χ1) is 23.3. The maximum atomic E-state index is 12.9. The first-order valence-electron chi connectivity index (χ1n) is 17.1. The molecule has 48 heavy (non-hydrogen) atoms. The van der Waals surface area contributed by atoms with Crippen LogP contribution >= 0.6 is 22.9 Å². The molecule has 1 spiro atoms. The second-order valence-electron chi connectivity index (χ2n) is 13.8. The van der Waals surface area contributed by atoms with Crippen molar-refractivity contribution in [3.63, 3.8) is 0 Å². The molecule has 0 bridgehead atoms. The van der Waals surface area contributed by atoms with Crippen LogP contribution in [0.4, 0.5) is 5.69 Å². The number of aliphatic carboxylic acids is 1. The first-order valence-corrected chi connectivity index (χ1v) is 18.4. The van der Waals surface area contributed by atoms with Crippen LogP contribution in [0.15, 0.2) is 66.2 Å². The molecule has 2 fully saturated rings. The quantitative estimate of drug-likeness (QED) is 0.157. The number of aromatic nitrogens is 1. The highest BCUT2D eigenvalue weighted by atomic mass is 35.5. The van der Waals surface area contributed by atoms with Gasteiger partial charge in [-0.3, -0.25) is 9.88 Å². The van der Waals surface area contributed by atoms with Gasteiger partial charge in [-0.1, -0.05) is 30.7 Å². The number of fused-ring (bicyclic) bond motifs is 3. The van der Waals surface area contributed by atoms with E-state index in [0.29, 0.717) is 42.9 Å². The topological polar surface area (TPSA) is 93.2 Å². The number of anilines is 1. The normalized spacial score (nSPS) is 24.8. The molecule has 2 aliphatic carbocycles. The molecule has 0 amide bonds. The highest BCUT2D eigenvalue weighted by molar-refractivity contribution is 7.17. The van der Waals surface area contributed by atoms with Gasteiger partial charge in [0.2, 0.25) is 0 Å². The number of nitrogens with one attached hydrogen (secondary N) is 1. The van der Waals surface area contributed by atoms with E-state index in [-0.39, 0.29) is 5.41 Å². The summed E-state index contributed by atoms with van der Waals surface area (Å²) in [6.07, 6.45) is 6.36. The van der Waals surface area contributed by atoms with E-state index in [9.17, 15) is 9.90 Å². The van der Waals surface area contributed by atoms with Gasteiger partial charge in [-0.25, -0.2) is 4.79 Å². The summed E-state index contributed by atoms with van der Waals surface area (Å²) in [5.74, 6) is 1.65. The van der Waals surface area contributed by atoms with Gasteiger partial charge in [0.15, 0.2) is 0 Å². The van der Waals surface area contributed by atoms with E-state index in [4.69, 9.17) is 25.8 Å². The van der Waals surface area contributed by atoms with E-state index in [1.807, 2.05) is 30.5 Å². The van der Waals surface area contributed by atoms with E-state index in [1.54, 1.807) is 23.5 Å². The third-order valence-electron chi connectivity index (χ3n) is 10.8. The summed E-state index contributed by atoms with van der Waals surface area (Å²) in [6.45, 7) is 7.82. The van der Waals surface area contributed by atoms with Crippen LogP contribution in [0.1, 0.15) is 50.2 Å². The van der Waals surface area contributed by atoms with Crippen LogP contribution in [0, 0.1) is 11.8 Å². The lowest BCUT2D eigenvalue weighted by Crippen LogP contribution is -2.53. The van der Waals surface area contributed by atoms with Gasteiger partial charge in [0.05, 0.1) is 30.0 Å². The lowest BCUT2D eigenvalue weighted by molar-refractivity contribution is -0.144. The number of pyridine rings is 1. The zero-order valence-electron chi connectivity index (χ0n) is 27.5. The molecule has 3 aliphatic rings. The SMILES string of the molecule is C[C@@H](COc1ccnc2ccsc12)C[C@H]1Cc2ccc(OCCN3CCOCC3)cc2C12CCC(Nc1cccc(Cl)c1)(C(=O)O)CC2. The second kappa shape index (κ2) is 14.2. The number of carboxylic acids is 1. The van der Waals surface area contributed by atoms with Crippen molar-refractivity contribution in [3.8, 4) is 11.5 Å². The number of halogens is 1. The molecule has 0 unspecified atom stereocenters. The third-order valence-corrected chi connectivity index (χ3v) is 11.9. The zero-order valence-corrected chi connectivity index (χ0v) is 29.0. The van der Waals surface area contributed by atoms with E-state index >= 15 is 0 Å². The van der Waals surface area contributed by atoms with E-state index in [2.05, 4.69) is 45.7 Å². The fourth-order valence-corrected chi connectivity index (χ4v) is 9.19. The smallest absolute Gasteiger partial charge is 0.329 e. The van der Waals surface area contributed by atoms with Gasteiger partial charge in [-0.15, -0.1) is 11.3 Å². The molecule has 10 heteroatoms. The monoisotopic (exact) mass is 689 g/mol. The van der Waals surface area contributed by atoms with Crippen molar-refractivity contribution in [3.05, 3.63) is 82.3 Å². The molecule has 3 heterocycles. The van der Waals surface area contributed by atoms with Crippen LogP contribution in [0.2, 0.25) is 5.02 Å². The number of thiophene rings is 1. The molecule has 2 aromatic carbocycles. The molecule has 2 aromatic heterocycles. The van der Waals surface area contributed by atoms with Gasteiger partial charge in [0, 0.05) is 36.5 Å². The van der Waals surface area contributed by atoms with Crippen LogP contribution in [0.25, 0.3) is 10.2 Å². The zero-order chi connectivity index (χ0) is 33.1. The molecule has 2 atom stereocenters. The van der Waals surface area contributed by atoms with Crippen molar-refractivity contribution in [2.45, 2.75) is 56.4 Å². The molecule has 0 radical (unpaired) electrons. The van der Waals surface area contributed by atoms with Crippen LogP contribution in [0.3, 0.4) is 0 Å². The largest absolute Gasteiger partial charge is 0.492 e. The van der Waals surface area contributed by atoms with Gasteiger partial charge >= 0.3 is 5.97 Å². The minimum Gasteiger partial charge on any atom is -0.492 e. The molecule has 2 N–H and O–H groups in total. The number of carboxylic acid groups (broad SMARTS) is 1.